The zero-order chi connectivity index (χ0) is 23.0. The number of halogens is 1. The van der Waals surface area contributed by atoms with E-state index in [4.69, 9.17) is 9.47 Å². The van der Waals surface area contributed by atoms with E-state index in [-0.39, 0.29) is 11.2 Å². The van der Waals surface area contributed by atoms with Gasteiger partial charge in [-0.15, -0.1) is 11.3 Å². The van der Waals surface area contributed by atoms with E-state index in [1.54, 1.807) is 36.7 Å². The molecule has 3 nitrogen and oxygen atoms in total. The van der Waals surface area contributed by atoms with Gasteiger partial charge in [-0.3, -0.25) is 4.79 Å². The fraction of sp³-hybridized carbons (Fsp3) is 0.179. The van der Waals surface area contributed by atoms with Gasteiger partial charge >= 0.3 is 0 Å². The molecule has 5 heteroatoms. The lowest BCUT2D eigenvalue weighted by molar-refractivity contribution is -0.104. The lowest BCUT2D eigenvalue weighted by Gasteiger charge is -2.19. The van der Waals surface area contributed by atoms with Crippen molar-refractivity contribution in [2.75, 3.05) is 7.11 Å². The quantitative estimate of drug-likeness (QED) is 0.213. The minimum absolute atomic E-state index is 0.170. The second-order valence-corrected chi connectivity index (χ2v) is 9.38. The van der Waals surface area contributed by atoms with Gasteiger partial charge in [0.05, 0.1) is 12.0 Å². The Balaban J connectivity index is 1.62. The number of carbonyl (C=O) groups excluding carboxylic acids is 1. The predicted octanol–water partition coefficient (Wildman–Crippen LogP) is 7.44. The molecule has 1 aliphatic carbocycles. The van der Waals surface area contributed by atoms with Crippen molar-refractivity contribution in [3.8, 4) is 17.2 Å². The molecule has 1 aromatic heterocycles. The van der Waals surface area contributed by atoms with Crippen LogP contribution in [0.5, 0.6) is 17.2 Å². The third-order valence-corrected chi connectivity index (χ3v) is 7.55. The third kappa shape index (κ3) is 3.93. The van der Waals surface area contributed by atoms with Crippen molar-refractivity contribution in [3.63, 3.8) is 0 Å². The first-order valence-electron chi connectivity index (χ1n) is 10.8. The molecule has 1 fully saturated rings. The summed E-state index contributed by atoms with van der Waals surface area (Å²) in [6.07, 6.45) is 5.97. The van der Waals surface area contributed by atoms with Crippen molar-refractivity contribution in [1.82, 2.24) is 0 Å². The highest BCUT2D eigenvalue weighted by atomic mass is 32.1. The molecule has 5 rings (SSSR count). The van der Waals surface area contributed by atoms with Gasteiger partial charge in [-0.2, -0.15) is 0 Å². The second-order valence-electron chi connectivity index (χ2n) is 8.33. The average molecular weight is 459 g/mol. The van der Waals surface area contributed by atoms with Crippen LogP contribution in [0.3, 0.4) is 0 Å². The van der Waals surface area contributed by atoms with E-state index in [2.05, 4.69) is 0 Å². The second kappa shape index (κ2) is 8.49. The molecule has 1 heterocycles. The van der Waals surface area contributed by atoms with Gasteiger partial charge in [-0.05, 0) is 85.0 Å². The standard InChI is InChI=1S/C28H23FO3S/c1-18-16-20(29)7-12-24(18)28(13-14-28)27-26(23-11-10-22(31-2)17-25(23)33-27)32-21-8-5-19(6-9-21)4-3-15-30/h3-12,15-17H,13-14H2,1-2H3/b4-3+. The van der Waals surface area contributed by atoms with E-state index < -0.39 is 0 Å². The highest BCUT2D eigenvalue weighted by Crippen LogP contribution is 2.61. The van der Waals surface area contributed by atoms with Gasteiger partial charge in [-0.25, -0.2) is 4.39 Å². The van der Waals surface area contributed by atoms with Crippen LogP contribution in [0.2, 0.25) is 0 Å². The van der Waals surface area contributed by atoms with Gasteiger partial charge in [0.15, 0.2) is 0 Å². The molecule has 4 aromatic rings. The minimum Gasteiger partial charge on any atom is -0.497 e. The van der Waals surface area contributed by atoms with Crippen LogP contribution in [0.25, 0.3) is 16.2 Å². The summed E-state index contributed by atoms with van der Waals surface area (Å²) in [7, 11) is 1.66. The molecular formula is C28H23FO3S. The zero-order valence-electron chi connectivity index (χ0n) is 18.4. The first-order valence-corrected chi connectivity index (χ1v) is 11.6. The minimum atomic E-state index is -0.215. The topological polar surface area (TPSA) is 35.5 Å². The fourth-order valence-electron chi connectivity index (χ4n) is 4.42. The Kier molecular flexibility index (Phi) is 5.51. The monoisotopic (exact) mass is 458 g/mol. The summed E-state index contributed by atoms with van der Waals surface area (Å²) in [5.74, 6) is 2.15. The Hall–Kier alpha value is -3.44. The summed E-state index contributed by atoms with van der Waals surface area (Å²) < 4.78 is 26.9. The number of benzene rings is 3. The molecule has 1 saturated carbocycles. The molecule has 0 saturated heterocycles. The number of aldehydes is 1. The summed E-state index contributed by atoms with van der Waals surface area (Å²) in [6.45, 7) is 1.97. The first kappa shape index (κ1) is 21.4. The third-order valence-electron chi connectivity index (χ3n) is 6.21. The number of methoxy groups -OCH3 is 1. The number of hydrogen-bond acceptors (Lipinski definition) is 4. The molecule has 0 amide bonds. The van der Waals surface area contributed by atoms with E-state index in [9.17, 15) is 9.18 Å². The van der Waals surface area contributed by atoms with Crippen LogP contribution in [-0.4, -0.2) is 13.4 Å². The van der Waals surface area contributed by atoms with Gasteiger partial charge in [0.1, 0.15) is 29.4 Å². The summed E-state index contributed by atoms with van der Waals surface area (Å²) in [5, 5.41) is 1.03. The Bertz CT molecular complexity index is 1360. The van der Waals surface area contributed by atoms with Crippen molar-refractivity contribution in [2.45, 2.75) is 25.2 Å². The number of fused-ring (bicyclic) bond motifs is 1. The molecule has 0 radical (unpaired) electrons. The number of allylic oxidation sites excluding steroid dienone is 1. The number of aryl methyl sites for hydroxylation is 1. The van der Waals surface area contributed by atoms with Crippen LogP contribution in [0.15, 0.2) is 66.7 Å². The maximum absolute atomic E-state index is 13.8. The van der Waals surface area contributed by atoms with Gasteiger partial charge in [0.25, 0.3) is 0 Å². The molecule has 0 aliphatic heterocycles. The summed E-state index contributed by atoms with van der Waals surface area (Å²) in [4.78, 5) is 11.7. The number of thiophene rings is 1. The molecule has 166 valence electrons. The zero-order valence-corrected chi connectivity index (χ0v) is 19.2. The fourth-order valence-corrected chi connectivity index (χ4v) is 5.84. The number of ether oxygens (including phenoxy) is 2. The van der Waals surface area contributed by atoms with Crippen molar-refractivity contribution in [1.29, 1.82) is 0 Å². The van der Waals surface area contributed by atoms with Crippen molar-refractivity contribution in [3.05, 3.63) is 94.1 Å². The highest BCUT2D eigenvalue weighted by Gasteiger charge is 2.50. The van der Waals surface area contributed by atoms with Crippen LogP contribution >= 0.6 is 11.3 Å². The van der Waals surface area contributed by atoms with Gasteiger partial charge in [-0.1, -0.05) is 24.3 Å². The summed E-state index contributed by atoms with van der Waals surface area (Å²) in [6, 6.07) is 18.8. The number of carbonyl (C=O) groups is 1. The summed E-state index contributed by atoms with van der Waals surface area (Å²) >= 11 is 1.72. The van der Waals surface area contributed by atoms with Crippen LogP contribution in [0, 0.1) is 12.7 Å². The highest BCUT2D eigenvalue weighted by molar-refractivity contribution is 7.19. The normalized spacial score (nSPS) is 14.5. The Morgan fingerprint density at radius 1 is 1.00 bits per heavy atom. The van der Waals surface area contributed by atoms with Gasteiger partial charge in [0.2, 0.25) is 0 Å². The Labute approximate surface area is 196 Å². The first-order chi connectivity index (χ1) is 16.0. The van der Waals surface area contributed by atoms with Crippen LogP contribution in [-0.2, 0) is 10.2 Å². The van der Waals surface area contributed by atoms with E-state index in [1.807, 2.05) is 55.5 Å². The van der Waals surface area contributed by atoms with Crippen molar-refractivity contribution < 1.29 is 18.7 Å². The molecule has 0 unspecified atom stereocenters. The van der Waals surface area contributed by atoms with E-state index in [0.717, 1.165) is 68.0 Å². The van der Waals surface area contributed by atoms with Crippen LogP contribution < -0.4 is 9.47 Å². The van der Waals surface area contributed by atoms with Gasteiger partial charge < -0.3 is 9.47 Å². The molecule has 1 aliphatic rings. The van der Waals surface area contributed by atoms with Crippen molar-refractivity contribution >= 4 is 33.8 Å². The number of rotatable bonds is 7. The van der Waals surface area contributed by atoms with E-state index in [0.29, 0.717) is 0 Å². The molecule has 3 aromatic carbocycles. The SMILES string of the molecule is COc1ccc2c(Oc3ccc(/C=C/C=O)cc3)c(C3(c4ccc(F)cc4C)CC3)sc2c1. The Morgan fingerprint density at radius 2 is 1.76 bits per heavy atom. The Morgan fingerprint density at radius 3 is 2.42 bits per heavy atom. The lowest BCUT2D eigenvalue weighted by atomic mass is 9.89. The predicted molar refractivity (Wildman–Crippen MR) is 131 cm³/mol. The van der Waals surface area contributed by atoms with Crippen LogP contribution in [0.4, 0.5) is 4.39 Å². The largest absolute Gasteiger partial charge is 0.497 e. The number of hydrogen-bond donors (Lipinski definition) is 0. The molecule has 0 atom stereocenters. The molecule has 0 spiro atoms. The van der Waals surface area contributed by atoms with Crippen LogP contribution in [0.1, 0.15) is 34.4 Å². The lowest BCUT2D eigenvalue weighted by Crippen LogP contribution is -2.10. The smallest absolute Gasteiger partial charge is 0.150 e. The van der Waals surface area contributed by atoms with E-state index >= 15 is 0 Å². The molecule has 33 heavy (non-hydrogen) atoms. The average Bonchev–Trinajstić information content (AvgIpc) is 3.54. The molecular weight excluding hydrogens is 435 g/mol. The molecule has 0 bridgehead atoms. The molecule has 0 N–H and O–H groups in total. The maximum Gasteiger partial charge on any atom is 0.150 e. The van der Waals surface area contributed by atoms with Crippen molar-refractivity contribution in [2.24, 2.45) is 0 Å². The van der Waals surface area contributed by atoms with Gasteiger partial charge in [0, 0.05) is 15.5 Å². The summed E-state index contributed by atoms with van der Waals surface area (Å²) in [5.41, 5.74) is 2.87. The maximum atomic E-state index is 13.8. The van der Waals surface area contributed by atoms with E-state index in [1.165, 1.54) is 6.08 Å².